The summed E-state index contributed by atoms with van der Waals surface area (Å²) in [4.78, 5) is 23.5. The van der Waals surface area contributed by atoms with Crippen molar-refractivity contribution >= 4 is 44.4 Å². The van der Waals surface area contributed by atoms with Crippen LogP contribution in [0.5, 0.6) is 5.75 Å². The van der Waals surface area contributed by atoms with E-state index in [4.69, 9.17) is 14.5 Å². The van der Waals surface area contributed by atoms with Crippen molar-refractivity contribution in [2.24, 2.45) is 0 Å². The van der Waals surface area contributed by atoms with Gasteiger partial charge in [0.25, 0.3) is 5.91 Å². The Bertz CT molecular complexity index is 1000. The van der Waals surface area contributed by atoms with E-state index >= 15 is 0 Å². The molecule has 0 atom stereocenters. The second kappa shape index (κ2) is 9.78. The molecule has 2 heterocycles. The SMILES string of the molecule is COc1ccc2nc(N(CCN3CCOCC3)C(=O)c3ccc(SC)cc3)sc2c1. The molecule has 0 saturated carbocycles. The van der Waals surface area contributed by atoms with Crippen molar-refractivity contribution in [3.05, 3.63) is 48.0 Å². The Morgan fingerprint density at radius 1 is 1.23 bits per heavy atom. The van der Waals surface area contributed by atoms with Gasteiger partial charge in [-0.25, -0.2) is 4.98 Å². The minimum absolute atomic E-state index is 0.0260. The maximum atomic E-state index is 13.4. The zero-order valence-electron chi connectivity index (χ0n) is 17.2. The predicted octanol–water partition coefficient (Wildman–Crippen LogP) is 4.01. The van der Waals surface area contributed by atoms with E-state index in [-0.39, 0.29) is 5.91 Å². The fourth-order valence-electron chi connectivity index (χ4n) is 3.37. The monoisotopic (exact) mass is 443 g/mol. The van der Waals surface area contributed by atoms with Crippen LogP contribution in [0, 0.1) is 0 Å². The minimum atomic E-state index is -0.0260. The summed E-state index contributed by atoms with van der Waals surface area (Å²) in [6.07, 6.45) is 2.03. The Kier molecular flexibility index (Phi) is 6.89. The fourth-order valence-corrected chi connectivity index (χ4v) is 4.80. The Morgan fingerprint density at radius 2 is 2.00 bits per heavy atom. The molecule has 1 aromatic heterocycles. The summed E-state index contributed by atoms with van der Waals surface area (Å²) < 4.78 is 11.8. The highest BCUT2D eigenvalue weighted by Crippen LogP contribution is 2.32. The second-order valence-electron chi connectivity index (χ2n) is 6.97. The maximum absolute atomic E-state index is 13.4. The first-order valence-corrected chi connectivity index (χ1v) is 11.9. The van der Waals surface area contributed by atoms with Gasteiger partial charge in [0.05, 0.1) is 30.5 Å². The van der Waals surface area contributed by atoms with Gasteiger partial charge in [-0.1, -0.05) is 11.3 Å². The molecule has 1 saturated heterocycles. The van der Waals surface area contributed by atoms with Gasteiger partial charge in [0, 0.05) is 36.6 Å². The quantitative estimate of drug-likeness (QED) is 0.515. The molecule has 1 aliphatic heterocycles. The van der Waals surface area contributed by atoms with Crippen LogP contribution >= 0.6 is 23.1 Å². The number of rotatable bonds is 7. The topological polar surface area (TPSA) is 54.9 Å². The Hall–Kier alpha value is -2.13. The zero-order chi connectivity index (χ0) is 20.9. The first-order valence-electron chi connectivity index (χ1n) is 9.88. The molecule has 0 N–H and O–H groups in total. The van der Waals surface area contributed by atoms with E-state index in [1.807, 2.05) is 48.7 Å². The number of hydrogen-bond acceptors (Lipinski definition) is 7. The Labute approximate surface area is 184 Å². The number of methoxy groups -OCH3 is 1. The maximum Gasteiger partial charge on any atom is 0.260 e. The molecule has 1 aliphatic rings. The third-order valence-electron chi connectivity index (χ3n) is 5.14. The molecule has 158 valence electrons. The Morgan fingerprint density at radius 3 is 2.70 bits per heavy atom. The van der Waals surface area contributed by atoms with Crippen LogP contribution in [0.4, 0.5) is 5.13 Å². The number of benzene rings is 2. The van der Waals surface area contributed by atoms with E-state index < -0.39 is 0 Å². The number of fused-ring (bicyclic) bond motifs is 1. The average molecular weight is 444 g/mol. The van der Waals surface area contributed by atoms with Crippen molar-refractivity contribution in [2.75, 3.05) is 57.7 Å². The number of thioether (sulfide) groups is 1. The largest absolute Gasteiger partial charge is 0.497 e. The molecule has 0 unspecified atom stereocenters. The molecular formula is C22H25N3O3S2. The molecule has 0 spiro atoms. The average Bonchev–Trinajstić information content (AvgIpc) is 3.22. The van der Waals surface area contributed by atoms with Gasteiger partial charge < -0.3 is 9.47 Å². The molecule has 1 amide bonds. The van der Waals surface area contributed by atoms with Crippen molar-refractivity contribution < 1.29 is 14.3 Å². The Balaban J connectivity index is 1.62. The number of hydrogen-bond donors (Lipinski definition) is 0. The lowest BCUT2D eigenvalue weighted by molar-refractivity contribution is 0.0391. The van der Waals surface area contributed by atoms with Gasteiger partial charge in [0.2, 0.25) is 0 Å². The third kappa shape index (κ3) is 4.78. The highest BCUT2D eigenvalue weighted by atomic mass is 32.2. The van der Waals surface area contributed by atoms with E-state index in [2.05, 4.69) is 4.90 Å². The number of aromatic nitrogens is 1. The second-order valence-corrected chi connectivity index (χ2v) is 8.86. The number of ether oxygens (including phenoxy) is 2. The summed E-state index contributed by atoms with van der Waals surface area (Å²) in [7, 11) is 1.65. The van der Waals surface area contributed by atoms with Crippen LogP contribution in [0.15, 0.2) is 47.4 Å². The molecule has 4 rings (SSSR count). The lowest BCUT2D eigenvalue weighted by Gasteiger charge is -2.29. The molecule has 8 heteroatoms. The highest BCUT2D eigenvalue weighted by Gasteiger charge is 2.23. The molecule has 6 nitrogen and oxygen atoms in total. The lowest BCUT2D eigenvalue weighted by atomic mass is 10.2. The van der Waals surface area contributed by atoms with Crippen LogP contribution in [0.25, 0.3) is 10.2 Å². The van der Waals surface area contributed by atoms with Crippen LogP contribution in [-0.2, 0) is 4.74 Å². The van der Waals surface area contributed by atoms with Gasteiger partial charge in [-0.3, -0.25) is 14.6 Å². The fraction of sp³-hybridized carbons (Fsp3) is 0.364. The van der Waals surface area contributed by atoms with E-state index in [1.165, 1.54) is 11.3 Å². The molecule has 0 radical (unpaired) electrons. The molecule has 30 heavy (non-hydrogen) atoms. The summed E-state index contributed by atoms with van der Waals surface area (Å²) in [5, 5.41) is 0.713. The van der Waals surface area contributed by atoms with E-state index in [9.17, 15) is 4.79 Å². The van der Waals surface area contributed by atoms with Crippen molar-refractivity contribution in [1.82, 2.24) is 9.88 Å². The van der Waals surface area contributed by atoms with Crippen LogP contribution in [-0.4, -0.2) is 68.5 Å². The number of carbonyl (C=O) groups excluding carboxylic acids is 1. The molecule has 0 aliphatic carbocycles. The van der Waals surface area contributed by atoms with Crippen LogP contribution in [0.3, 0.4) is 0 Å². The van der Waals surface area contributed by atoms with Crippen molar-refractivity contribution in [1.29, 1.82) is 0 Å². The number of thiazole rings is 1. The first-order chi connectivity index (χ1) is 14.7. The lowest BCUT2D eigenvalue weighted by Crippen LogP contribution is -2.43. The predicted molar refractivity (Wildman–Crippen MR) is 123 cm³/mol. The highest BCUT2D eigenvalue weighted by molar-refractivity contribution is 7.98. The van der Waals surface area contributed by atoms with Gasteiger partial charge in [0.15, 0.2) is 5.13 Å². The number of morpholine rings is 1. The summed E-state index contributed by atoms with van der Waals surface area (Å²) in [5.41, 5.74) is 1.55. The standard InChI is InChI=1S/C22H25N3O3S2/c1-27-17-5-8-19-20(15-17)30-22(23-19)25(10-9-24-11-13-28-14-12-24)21(26)16-3-6-18(29-2)7-4-16/h3-8,15H,9-14H2,1-2H3. The van der Waals surface area contributed by atoms with E-state index in [0.29, 0.717) is 17.2 Å². The first kappa shape index (κ1) is 21.1. The third-order valence-corrected chi connectivity index (χ3v) is 6.93. The van der Waals surface area contributed by atoms with E-state index in [0.717, 1.165) is 53.7 Å². The number of anilines is 1. The minimum Gasteiger partial charge on any atom is -0.497 e. The van der Waals surface area contributed by atoms with Crippen LogP contribution in [0.2, 0.25) is 0 Å². The van der Waals surface area contributed by atoms with Crippen molar-refractivity contribution in [2.45, 2.75) is 4.90 Å². The van der Waals surface area contributed by atoms with Crippen molar-refractivity contribution in [3.8, 4) is 5.75 Å². The number of amides is 1. The van der Waals surface area contributed by atoms with Crippen LogP contribution in [0.1, 0.15) is 10.4 Å². The van der Waals surface area contributed by atoms with Gasteiger partial charge in [0.1, 0.15) is 5.75 Å². The normalized spacial score (nSPS) is 14.7. The van der Waals surface area contributed by atoms with E-state index in [1.54, 1.807) is 23.8 Å². The molecule has 3 aromatic rings. The molecule has 0 bridgehead atoms. The molecule has 1 fully saturated rings. The summed E-state index contributed by atoms with van der Waals surface area (Å²) in [6.45, 7) is 4.64. The number of carbonyl (C=O) groups is 1. The molecular weight excluding hydrogens is 418 g/mol. The van der Waals surface area contributed by atoms with Gasteiger partial charge in [-0.15, -0.1) is 11.8 Å². The molecule has 2 aromatic carbocycles. The van der Waals surface area contributed by atoms with Gasteiger partial charge in [-0.2, -0.15) is 0 Å². The number of nitrogens with zero attached hydrogens (tertiary/aromatic N) is 3. The van der Waals surface area contributed by atoms with Crippen molar-refractivity contribution in [3.63, 3.8) is 0 Å². The summed E-state index contributed by atoms with van der Waals surface area (Å²) >= 11 is 3.18. The summed E-state index contributed by atoms with van der Waals surface area (Å²) in [6, 6.07) is 13.6. The zero-order valence-corrected chi connectivity index (χ0v) is 18.8. The smallest absolute Gasteiger partial charge is 0.260 e. The van der Waals surface area contributed by atoms with Gasteiger partial charge in [-0.05, 0) is 48.7 Å². The van der Waals surface area contributed by atoms with Gasteiger partial charge >= 0.3 is 0 Å². The summed E-state index contributed by atoms with van der Waals surface area (Å²) in [5.74, 6) is 0.762. The van der Waals surface area contributed by atoms with Crippen LogP contribution < -0.4 is 9.64 Å².